The van der Waals surface area contributed by atoms with E-state index in [9.17, 15) is 9.59 Å². The molecule has 1 saturated carbocycles. The van der Waals surface area contributed by atoms with Gasteiger partial charge in [-0.1, -0.05) is 13.8 Å². The second kappa shape index (κ2) is 5.11. The van der Waals surface area contributed by atoms with E-state index < -0.39 is 0 Å². The Morgan fingerprint density at radius 1 is 1.33 bits per heavy atom. The minimum atomic E-state index is -0.321. The van der Waals surface area contributed by atoms with E-state index in [4.69, 9.17) is 0 Å². The van der Waals surface area contributed by atoms with Crippen LogP contribution in [0, 0.1) is 0 Å². The number of nitrogens with one attached hydrogen (secondary N) is 1. The maximum absolute atomic E-state index is 12.4. The standard InChI is InChI=1S/C13H22N2O2S/c1-4-9-12(17)15(8-13(18-3)6-7-13)10(5-2)11(16)14-9/h9-10H,4-8H2,1-3H3,(H,14,16). The Morgan fingerprint density at radius 3 is 2.44 bits per heavy atom. The van der Waals surface area contributed by atoms with E-state index in [1.165, 1.54) is 0 Å². The van der Waals surface area contributed by atoms with Crippen molar-refractivity contribution in [3.05, 3.63) is 0 Å². The molecule has 5 heteroatoms. The van der Waals surface area contributed by atoms with Gasteiger partial charge in [0.25, 0.3) is 0 Å². The Balaban J connectivity index is 2.16. The molecule has 1 heterocycles. The summed E-state index contributed by atoms with van der Waals surface area (Å²) in [4.78, 5) is 26.3. The van der Waals surface area contributed by atoms with Crippen molar-refractivity contribution in [2.75, 3.05) is 12.8 Å². The highest BCUT2D eigenvalue weighted by Gasteiger charge is 2.48. The summed E-state index contributed by atoms with van der Waals surface area (Å²) < 4.78 is 0.221. The predicted octanol–water partition coefficient (Wildman–Crippen LogP) is 1.40. The van der Waals surface area contributed by atoms with Gasteiger partial charge in [0.2, 0.25) is 11.8 Å². The van der Waals surface area contributed by atoms with Crippen LogP contribution in [-0.4, -0.2) is 46.3 Å². The molecule has 0 spiro atoms. The zero-order valence-corrected chi connectivity index (χ0v) is 12.2. The van der Waals surface area contributed by atoms with Gasteiger partial charge in [-0.15, -0.1) is 0 Å². The summed E-state index contributed by atoms with van der Waals surface area (Å²) in [6.07, 6.45) is 5.78. The topological polar surface area (TPSA) is 49.4 Å². The van der Waals surface area contributed by atoms with Crippen LogP contribution in [0.25, 0.3) is 0 Å². The minimum Gasteiger partial charge on any atom is -0.343 e. The third kappa shape index (κ3) is 2.37. The summed E-state index contributed by atoms with van der Waals surface area (Å²) >= 11 is 1.83. The molecule has 2 atom stereocenters. The van der Waals surface area contributed by atoms with Gasteiger partial charge in [-0.3, -0.25) is 9.59 Å². The maximum Gasteiger partial charge on any atom is 0.245 e. The molecule has 2 fully saturated rings. The predicted molar refractivity (Wildman–Crippen MR) is 73.5 cm³/mol. The monoisotopic (exact) mass is 270 g/mol. The fourth-order valence-corrected chi connectivity index (χ4v) is 3.35. The molecule has 1 N–H and O–H groups in total. The van der Waals surface area contributed by atoms with E-state index in [2.05, 4.69) is 11.6 Å². The van der Waals surface area contributed by atoms with E-state index in [1.54, 1.807) is 0 Å². The second-order valence-corrected chi connectivity index (χ2v) is 6.52. The van der Waals surface area contributed by atoms with Gasteiger partial charge in [0.1, 0.15) is 12.1 Å². The van der Waals surface area contributed by atoms with Gasteiger partial charge >= 0.3 is 0 Å². The van der Waals surface area contributed by atoms with Gasteiger partial charge in [-0.2, -0.15) is 11.8 Å². The molecule has 2 unspecified atom stereocenters. The van der Waals surface area contributed by atoms with E-state index in [-0.39, 0.29) is 28.6 Å². The van der Waals surface area contributed by atoms with E-state index >= 15 is 0 Å². The maximum atomic E-state index is 12.4. The van der Waals surface area contributed by atoms with Gasteiger partial charge in [0, 0.05) is 11.3 Å². The van der Waals surface area contributed by atoms with Crippen molar-refractivity contribution in [2.24, 2.45) is 0 Å². The van der Waals surface area contributed by atoms with Crippen molar-refractivity contribution < 1.29 is 9.59 Å². The number of hydrogen-bond donors (Lipinski definition) is 1. The summed E-state index contributed by atoms with van der Waals surface area (Å²) in [6, 6.07) is -0.595. The van der Waals surface area contributed by atoms with Crippen molar-refractivity contribution in [3.63, 3.8) is 0 Å². The van der Waals surface area contributed by atoms with E-state index in [1.807, 2.05) is 30.5 Å². The van der Waals surface area contributed by atoms with Crippen molar-refractivity contribution in [1.82, 2.24) is 10.2 Å². The molecule has 0 aromatic carbocycles. The smallest absolute Gasteiger partial charge is 0.245 e. The van der Waals surface area contributed by atoms with Gasteiger partial charge in [-0.25, -0.2) is 0 Å². The Bertz CT molecular complexity index is 355. The molecule has 1 aliphatic heterocycles. The molecule has 18 heavy (non-hydrogen) atoms. The third-order valence-electron chi connectivity index (χ3n) is 4.07. The Hall–Kier alpha value is -0.710. The number of carbonyl (C=O) groups is 2. The molecule has 1 aliphatic carbocycles. The van der Waals surface area contributed by atoms with Gasteiger partial charge in [0.05, 0.1) is 0 Å². The lowest BCUT2D eigenvalue weighted by Gasteiger charge is -2.40. The van der Waals surface area contributed by atoms with Crippen molar-refractivity contribution in [1.29, 1.82) is 0 Å². The molecule has 102 valence electrons. The van der Waals surface area contributed by atoms with E-state index in [0.29, 0.717) is 12.8 Å². The average Bonchev–Trinajstić information content (AvgIpc) is 3.14. The molecule has 0 aromatic heterocycles. The third-order valence-corrected chi connectivity index (χ3v) is 5.47. The Kier molecular flexibility index (Phi) is 3.90. The number of nitrogens with zero attached hydrogens (tertiary/aromatic N) is 1. The lowest BCUT2D eigenvalue weighted by atomic mass is 10.0. The summed E-state index contributed by atoms with van der Waals surface area (Å²) in [5, 5.41) is 2.83. The van der Waals surface area contributed by atoms with Crippen LogP contribution >= 0.6 is 11.8 Å². The quantitative estimate of drug-likeness (QED) is 0.821. The fraction of sp³-hybridized carbons (Fsp3) is 0.846. The van der Waals surface area contributed by atoms with Gasteiger partial charge in [0.15, 0.2) is 0 Å². The van der Waals surface area contributed by atoms with Gasteiger partial charge in [-0.05, 0) is 31.9 Å². The minimum absolute atomic E-state index is 0.0147. The van der Waals surface area contributed by atoms with Crippen LogP contribution in [0.5, 0.6) is 0 Å². The van der Waals surface area contributed by atoms with Crippen LogP contribution in [0.1, 0.15) is 39.5 Å². The summed E-state index contributed by atoms with van der Waals surface area (Å²) in [5.74, 6) is 0.116. The first-order valence-corrected chi connectivity index (χ1v) is 7.95. The number of carbonyl (C=O) groups excluding carboxylic acids is 2. The highest BCUT2D eigenvalue weighted by Crippen LogP contribution is 2.48. The van der Waals surface area contributed by atoms with Crippen LogP contribution in [0.2, 0.25) is 0 Å². The highest BCUT2D eigenvalue weighted by atomic mass is 32.2. The number of thioether (sulfide) groups is 1. The Morgan fingerprint density at radius 2 is 2.00 bits per heavy atom. The van der Waals surface area contributed by atoms with Gasteiger partial charge < -0.3 is 10.2 Å². The largest absolute Gasteiger partial charge is 0.343 e. The lowest BCUT2D eigenvalue weighted by molar-refractivity contribution is -0.149. The van der Waals surface area contributed by atoms with Crippen LogP contribution in [-0.2, 0) is 9.59 Å². The SMILES string of the molecule is CCC1NC(=O)C(CC)N(CC2(SC)CC2)C1=O. The van der Waals surface area contributed by atoms with Crippen molar-refractivity contribution >= 4 is 23.6 Å². The molecule has 0 aromatic rings. The fourth-order valence-electron chi connectivity index (χ4n) is 2.57. The summed E-state index contributed by atoms with van der Waals surface area (Å²) in [6.45, 7) is 4.64. The zero-order valence-electron chi connectivity index (χ0n) is 11.4. The first-order chi connectivity index (χ1) is 8.56. The second-order valence-electron chi connectivity index (χ2n) is 5.25. The molecule has 2 rings (SSSR count). The number of amides is 2. The first-order valence-electron chi connectivity index (χ1n) is 6.73. The number of hydrogen-bond acceptors (Lipinski definition) is 3. The summed E-state index contributed by atoms with van der Waals surface area (Å²) in [5.41, 5.74) is 0. The lowest BCUT2D eigenvalue weighted by Crippen LogP contribution is -2.64. The molecule has 1 saturated heterocycles. The summed E-state index contributed by atoms with van der Waals surface area (Å²) in [7, 11) is 0. The molecule has 4 nitrogen and oxygen atoms in total. The average molecular weight is 270 g/mol. The molecular formula is C13H22N2O2S. The Labute approximate surface area is 113 Å². The first kappa shape index (κ1) is 13.7. The van der Waals surface area contributed by atoms with Crippen LogP contribution in [0.3, 0.4) is 0 Å². The van der Waals surface area contributed by atoms with Crippen LogP contribution in [0.15, 0.2) is 0 Å². The molecule has 2 amide bonds. The highest BCUT2D eigenvalue weighted by molar-refractivity contribution is 8.00. The van der Waals surface area contributed by atoms with Crippen molar-refractivity contribution in [2.45, 2.75) is 56.4 Å². The number of rotatable bonds is 5. The van der Waals surface area contributed by atoms with Crippen LogP contribution in [0.4, 0.5) is 0 Å². The molecule has 0 bridgehead atoms. The van der Waals surface area contributed by atoms with E-state index in [0.717, 1.165) is 19.4 Å². The zero-order chi connectivity index (χ0) is 13.3. The molecule has 0 radical (unpaired) electrons. The molecule has 2 aliphatic rings. The van der Waals surface area contributed by atoms with Crippen molar-refractivity contribution in [3.8, 4) is 0 Å². The normalized spacial score (nSPS) is 30.3. The molecular weight excluding hydrogens is 248 g/mol. The number of piperazine rings is 1. The van der Waals surface area contributed by atoms with Crippen LogP contribution < -0.4 is 5.32 Å².